The van der Waals surface area contributed by atoms with Gasteiger partial charge in [-0.1, -0.05) is 73.8 Å². The summed E-state index contributed by atoms with van der Waals surface area (Å²) in [5.41, 5.74) is 4.98. The minimum atomic E-state index is -2.37. The second kappa shape index (κ2) is 13.7. The van der Waals surface area contributed by atoms with Gasteiger partial charge in [-0.05, 0) is 33.2 Å². The Morgan fingerprint density at radius 2 is 1.16 bits per heavy atom. The van der Waals surface area contributed by atoms with Crippen molar-refractivity contribution in [3.8, 4) is 0 Å². The van der Waals surface area contributed by atoms with Crippen molar-refractivity contribution in [3.63, 3.8) is 0 Å². The second-order valence-electron chi connectivity index (χ2n) is 10.4. The van der Waals surface area contributed by atoms with Gasteiger partial charge in [0.25, 0.3) is 0 Å². The SMILES string of the molecule is C=C(C(=C)c1ccccc1)c1ccccc1.[CH3][Ti]([CH3])([NH]C(=O)c1ccccc1)[CH]1CCC2C=CC=CC21.[SiH4]. The summed E-state index contributed by atoms with van der Waals surface area (Å²) in [6.45, 7) is 8.20. The molecule has 0 saturated heterocycles. The number of rotatable bonds is 6. The molecule has 38 heavy (non-hydrogen) atoms. The number of allylic oxidation sites excluding steroid dienone is 6. The van der Waals surface area contributed by atoms with E-state index < -0.39 is 16.8 Å². The van der Waals surface area contributed by atoms with Crippen molar-refractivity contribution in [1.29, 1.82) is 0 Å². The molecule has 0 heterocycles. The summed E-state index contributed by atoms with van der Waals surface area (Å²) in [4.78, 5) is 12.5. The van der Waals surface area contributed by atoms with Gasteiger partial charge in [-0.3, -0.25) is 0 Å². The molecule has 3 aromatic rings. The molecule has 2 nitrogen and oxygen atoms in total. The number of carbonyl (C=O) groups is 1. The third kappa shape index (κ3) is 7.32. The van der Waals surface area contributed by atoms with Crippen LogP contribution in [0.25, 0.3) is 11.1 Å². The summed E-state index contributed by atoms with van der Waals surface area (Å²) >= 11 is -2.37. The predicted octanol–water partition coefficient (Wildman–Crippen LogP) is 7.48. The van der Waals surface area contributed by atoms with Gasteiger partial charge in [0.15, 0.2) is 0 Å². The van der Waals surface area contributed by atoms with Crippen LogP contribution in [0.2, 0.25) is 14.7 Å². The van der Waals surface area contributed by atoms with E-state index in [1.165, 1.54) is 12.8 Å². The molecule has 0 radical (unpaired) electrons. The summed E-state index contributed by atoms with van der Waals surface area (Å²) in [5.74, 6) is 1.44. The van der Waals surface area contributed by atoms with Gasteiger partial charge < -0.3 is 0 Å². The van der Waals surface area contributed by atoms with E-state index in [-0.39, 0.29) is 16.9 Å². The van der Waals surface area contributed by atoms with E-state index in [1.54, 1.807) is 0 Å². The standard InChI is InChI=1S/C16H14.C9H11.C7H7NO.2CH3.H4Si.Ti/c1-13(15-9-5-3-6-10-15)14(2)16-11-7-4-8-12-16;1-2-5-9-7-3-6-8(9)4-1;8-7(9)6-4-2-1-3-5-6;;;;/h3-12H,1-2H2;1-2,4-6,8-9H,3,7H2;1-5H,(H2,8,9);2*1H3;1H4;/q;;;;;;+1/p-1. The molecule has 1 saturated carbocycles. The van der Waals surface area contributed by atoms with Crippen LogP contribution >= 0.6 is 0 Å². The van der Waals surface area contributed by atoms with Gasteiger partial charge in [-0.15, -0.1) is 0 Å². The van der Waals surface area contributed by atoms with Crippen molar-refractivity contribution in [3.05, 3.63) is 145 Å². The third-order valence-corrected chi connectivity index (χ3v) is 12.9. The summed E-state index contributed by atoms with van der Waals surface area (Å²) in [6.07, 6.45) is 11.6. The first-order valence-electron chi connectivity index (χ1n) is 13.1. The minimum Gasteiger partial charge on any atom is -0.0149 e. The maximum absolute atomic E-state index is 12.5. The Morgan fingerprint density at radius 3 is 1.66 bits per heavy atom. The number of nitrogens with one attached hydrogen (secondary N) is 1. The molecule has 2 aliphatic carbocycles. The molecule has 0 aliphatic heterocycles. The largest absolute Gasteiger partial charge is 0.0149 e. The van der Waals surface area contributed by atoms with E-state index in [0.717, 1.165) is 27.8 Å². The van der Waals surface area contributed by atoms with Crippen molar-refractivity contribution in [2.75, 3.05) is 0 Å². The molecule has 0 bridgehead atoms. The van der Waals surface area contributed by atoms with Crippen molar-refractivity contribution in [2.45, 2.75) is 27.5 Å². The number of hydrogen-bond acceptors (Lipinski definition) is 1. The van der Waals surface area contributed by atoms with E-state index in [0.29, 0.717) is 16.1 Å². The zero-order chi connectivity index (χ0) is 26.3. The summed E-state index contributed by atoms with van der Waals surface area (Å²) < 4.78 is 4.12. The van der Waals surface area contributed by atoms with Gasteiger partial charge in [0.1, 0.15) is 0 Å². The molecular formula is C34H41NOSiTi. The maximum atomic E-state index is 12.5. The van der Waals surface area contributed by atoms with Crippen LogP contribution in [0.4, 0.5) is 0 Å². The first-order valence-corrected chi connectivity index (χ1v) is 17.9. The fraction of sp³-hybridized carbons (Fsp3) is 0.206. The van der Waals surface area contributed by atoms with E-state index in [9.17, 15) is 4.79 Å². The molecule has 1 fully saturated rings. The number of carbonyl (C=O) groups excluding carboxylic acids is 1. The van der Waals surface area contributed by atoms with Gasteiger partial charge in [0.2, 0.25) is 0 Å². The predicted molar refractivity (Wildman–Crippen MR) is 166 cm³/mol. The van der Waals surface area contributed by atoms with Crippen LogP contribution in [0.3, 0.4) is 0 Å². The molecule has 5 rings (SSSR count). The van der Waals surface area contributed by atoms with Crippen LogP contribution in [-0.4, -0.2) is 16.9 Å². The Balaban J connectivity index is 0.000000213. The van der Waals surface area contributed by atoms with Gasteiger partial charge in [0, 0.05) is 0 Å². The molecule has 0 aromatic heterocycles. The molecule has 3 atom stereocenters. The van der Waals surface area contributed by atoms with E-state index >= 15 is 0 Å². The molecule has 2 aliphatic rings. The Labute approximate surface area is 237 Å². The van der Waals surface area contributed by atoms with Crippen molar-refractivity contribution in [1.82, 2.24) is 3.80 Å². The van der Waals surface area contributed by atoms with Gasteiger partial charge in [-0.25, -0.2) is 0 Å². The summed E-state index contributed by atoms with van der Waals surface area (Å²) in [5, 5.41) is 4.69. The summed E-state index contributed by atoms with van der Waals surface area (Å²) in [6, 6.07) is 29.9. The number of hydrogen-bond donors (Lipinski definition) is 1. The normalized spacial score (nSPS) is 19.3. The Morgan fingerprint density at radius 1 is 0.711 bits per heavy atom. The zero-order valence-corrected chi connectivity index (χ0v) is 23.5. The molecule has 196 valence electrons. The minimum absolute atomic E-state index is 0. The molecule has 1 N–H and O–H groups in total. The Kier molecular flexibility index (Phi) is 10.7. The van der Waals surface area contributed by atoms with Crippen LogP contribution < -0.4 is 3.80 Å². The van der Waals surface area contributed by atoms with Crippen molar-refractivity contribution in [2.24, 2.45) is 11.8 Å². The first-order chi connectivity index (χ1) is 17.9. The zero-order valence-electron chi connectivity index (χ0n) is 21.9. The van der Waals surface area contributed by atoms with Crippen LogP contribution in [0.15, 0.2) is 128 Å². The van der Waals surface area contributed by atoms with Crippen molar-refractivity contribution >= 4 is 28.0 Å². The second-order valence-corrected chi connectivity index (χ2v) is 17.4. The van der Waals surface area contributed by atoms with Crippen LogP contribution in [0.1, 0.15) is 34.3 Å². The van der Waals surface area contributed by atoms with Gasteiger partial charge in [-0.2, -0.15) is 0 Å². The smallest absolute Gasteiger partial charge is 0.0149 e. The average Bonchev–Trinajstić information content (AvgIpc) is 3.39. The fourth-order valence-corrected chi connectivity index (χ4v) is 10.4. The molecular weight excluding hydrogens is 514 g/mol. The topological polar surface area (TPSA) is 29.1 Å². The monoisotopic (exact) mass is 555 g/mol. The van der Waals surface area contributed by atoms with E-state index in [1.807, 2.05) is 66.7 Å². The van der Waals surface area contributed by atoms with Gasteiger partial charge >= 0.3 is 131 Å². The number of benzene rings is 3. The van der Waals surface area contributed by atoms with Crippen LogP contribution in [0, 0.1) is 11.8 Å². The first kappa shape index (κ1) is 29.6. The Bertz CT molecular complexity index is 1230. The Hall–Kier alpha value is -2.98. The van der Waals surface area contributed by atoms with Crippen LogP contribution in [-0.2, 0) is 16.8 Å². The van der Waals surface area contributed by atoms with E-state index in [4.69, 9.17) is 0 Å². The number of amides is 1. The number of fused-ring (bicyclic) bond motifs is 1. The van der Waals surface area contributed by atoms with E-state index in [2.05, 4.69) is 76.0 Å². The molecule has 0 spiro atoms. The van der Waals surface area contributed by atoms with Gasteiger partial charge in [0.05, 0.1) is 0 Å². The average molecular weight is 556 g/mol. The maximum Gasteiger partial charge on any atom is -0.0149 e. The molecule has 4 heteroatoms. The molecule has 3 aromatic carbocycles. The quantitative estimate of drug-likeness (QED) is 0.248. The third-order valence-electron chi connectivity index (χ3n) is 7.58. The fourth-order valence-electron chi connectivity index (χ4n) is 5.47. The van der Waals surface area contributed by atoms with Crippen LogP contribution in [0.5, 0.6) is 0 Å². The molecule has 3 unspecified atom stereocenters. The molecule has 1 amide bonds. The van der Waals surface area contributed by atoms with Crippen molar-refractivity contribution < 1.29 is 21.6 Å². The summed E-state index contributed by atoms with van der Waals surface area (Å²) in [7, 11) is 0.